The van der Waals surface area contributed by atoms with Gasteiger partial charge in [-0.2, -0.15) is 0 Å². The summed E-state index contributed by atoms with van der Waals surface area (Å²) in [6.07, 6.45) is 6.09. The molecule has 92 valence electrons. The number of nitrogens with zero attached hydrogens (tertiary/aromatic N) is 1. The number of hydrogen-bond donors (Lipinski definition) is 0. The predicted octanol–water partition coefficient (Wildman–Crippen LogP) is 3.86. The molecule has 1 heterocycles. The fraction of sp³-hybridized carbons (Fsp3) is 0.286. The highest BCUT2D eigenvalue weighted by Gasteiger charge is 2.06. The van der Waals surface area contributed by atoms with Crippen molar-refractivity contribution in [1.29, 1.82) is 0 Å². The number of allylic oxidation sites excluding steroid dienone is 1. The Bertz CT molecular complexity index is 490. The summed E-state index contributed by atoms with van der Waals surface area (Å²) in [5.41, 5.74) is 2.22. The van der Waals surface area contributed by atoms with Crippen LogP contribution in [0.4, 0.5) is 0 Å². The van der Waals surface area contributed by atoms with E-state index in [1.807, 2.05) is 31.4 Å². The molecule has 3 heteroatoms. The summed E-state index contributed by atoms with van der Waals surface area (Å²) in [4.78, 5) is 2.26. The average molecular weight is 252 g/mol. The molecule has 2 rings (SSSR count). The third kappa shape index (κ3) is 3.35. The molecule has 2 aromatic rings. The van der Waals surface area contributed by atoms with Crippen LogP contribution in [0, 0.1) is 0 Å². The summed E-state index contributed by atoms with van der Waals surface area (Å²) < 4.78 is 5.51. The highest BCUT2D eigenvalue weighted by molar-refractivity contribution is 5.85. The average Bonchev–Trinajstić information content (AvgIpc) is 2.70. The molecule has 17 heavy (non-hydrogen) atoms. The van der Waals surface area contributed by atoms with E-state index in [-0.39, 0.29) is 12.4 Å². The predicted molar refractivity (Wildman–Crippen MR) is 74.6 cm³/mol. The maximum absolute atomic E-state index is 5.51. The Labute approximate surface area is 108 Å². The largest absolute Gasteiger partial charge is 0.464 e. The zero-order valence-electron chi connectivity index (χ0n) is 10.2. The summed E-state index contributed by atoms with van der Waals surface area (Å²) in [6, 6.07) is 8.16. The van der Waals surface area contributed by atoms with Crippen molar-refractivity contribution in [1.82, 2.24) is 4.90 Å². The fourth-order valence-electron chi connectivity index (χ4n) is 1.80. The van der Waals surface area contributed by atoms with Crippen molar-refractivity contribution in [2.75, 3.05) is 13.6 Å². The molecule has 0 atom stereocenters. The second kappa shape index (κ2) is 6.48. The third-order valence-electron chi connectivity index (χ3n) is 2.65. The van der Waals surface area contributed by atoms with Crippen molar-refractivity contribution in [3.05, 3.63) is 48.2 Å². The van der Waals surface area contributed by atoms with Crippen molar-refractivity contribution in [2.45, 2.75) is 13.5 Å². The van der Waals surface area contributed by atoms with Gasteiger partial charge in [-0.1, -0.05) is 30.4 Å². The standard InChI is InChI=1S/C14H17NO.ClH/c1-3-4-9-15(2)10-12-11-16-14-8-6-5-7-13(12)14;/h3-8,11H,9-10H2,1-2H3;1H/b4-3+;. The quantitative estimate of drug-likeness (QED) is 0.768. The zero-order valence-corrected chi connectivity index (χ0v) is 11.0. The van der Waals surface area contributed by atoms with E-state index in [2.05, 4.69) is 30.2 Å². The van der Waals surface area contributed by atoms with Gasteiger partial charge >= 0.3 is 0 Å². The molecule has 0 aliphatic carbocycles. The lowest BCUT2D eigenvalue weighted by molar-refractivity contribution is 0.362. The van der Waals surface area contributed by atoms with Crippen LogP contribution >= 0.6 is 12.4 Å². The molecule has 2 nitrogen and oxygen atoms in total. The van der Waals surface area contributed by atoms with E-state index in [1.54, 1.807) is 0 Å². The van der Waals surface area contributed by atoms with Gasteiger partial charge in [0.25, 0.3) is 0 Å². The molecule has 0 saturated carbocycles. The number of hydrogen-bond acceptors (Lipinski definition) is 2. The summed E-state index contributed by atoms with van der Waals surface area (Å²) >= 11 is 0. The normalized spacial score (nSPS) is 11.2. The van der Waals surface area contributed by atoms with Gasteiger partial charge in [-0.25, -0.2) is 0 Å². The Morgan fingerprint density at radius 2 is 2.06 bits per heavy atom. The van der Waals surface area contributed by atoms with Gasteiger partial charge in [0.15, 0.2) is 0 Å². The molecule has 0 amide bonds. The van der Waals surface area contributed by atoms with Gasteiger partial charge in [0.05, 0.1) is 6.26 Å². The fourth-order valence-corrected chi connectivity index (χ4v) is 1.80. The third-order valence-corrected chi connectivity index (χ3v) is 2.65. The minimum Gasteiger partial charge on any atom is -0.464 e. The molecule has 0 aliphatic rings. The topological polar surface area (TPSA) is 16.4 Å². The van der Waals surface area contributed by atoms with E-state index >= 15 is 0 Å². The lowest BCUT2D eigenvalue weighted by Gasteiger charge is -2.12. The van der Waals surface area contributed by atoms with E-state index in [4.69, 9.17) is 4.42 Å². The Morgan fingerprint density at radius 3 is 2.82 bits per heavy atom. The molecule has 0 bridgehead atoms. The molecule has 0 fully saturated rings. The minimum absolute atomic E-state index is 0. The van der Waals surface area contributed by atoms with Gasteiger partial charge in [0.2, 0.25) is 0 Å². The summed E-state index contributed by atoms with van der Waals surface area (Å²) in [5, 5.41) is 1.22. The maximum Gasteiger partial charge on any atom is 0.134 e. The van der Waals surface area contributed by atoms with Crippen molar-refractivity contribution in [2.24, 2.45) is 0 Å². The first-order valence-electron chi connectivity index (χ1n) is 5.56. The zero-order chi connectivity index (χ0) is 11.4. The van der Waals surface area contributed by atoms with E-state index < -0.39 is 0 Å². The van der Waals surface area contributed by atoms with Crippen LogP contribution in [0.25, 0.3) is 11.0 Å². The van der Waals surface area contributed by atoms with E-state index in [0.717, 1.165) is 18.7 Å². The molecule has 0 N–H and O–H groups in total. The van der Waals surface area contributed by atoms with Crippen LogP contribution in [0.1, 0.15) is 12.5 Å². The molecule has 1 aromatic carbocycles. The van der Waals surface area contributed by atoms with Crippen LogP contribution in [-0.4, -0.2) is 18.5 Å². The number of para-hydroxylation sites is 1. The number of likely N-dealkylation sites (N-methyl/N-ethyl adjacent to an activating group) is 1. The molecule has 0 saturated heterocycles. The lowest BCUT2D eigenvalue weighted by atomic mass is 10.2. The Morgan fingerprint density at radius 1 is 1.29 bits per heavy atom. The number of rotatable bonds is 4. The van der Waals surface area contributed by atoms with Gasteiger partial charge in [0, 0.05) is 24.0 Å². The molecule has 0 radical (unpaired) electrons. The first-order chi connectivity index (χ1) is 7.81. The van der Waals surface area contributed by atoms with Crippen LogP contribution in [0.5, 0.6) is 0 Å². The number of halogens is 1. The van der Waals surface area contributed by atoms with Gasteiger partial charge in [-0.3, -0.25) is 4.90 Å². The molecular formula is C14H18ClNO. The maximum atomic E-state index is 5.51. The highest BCUT2D eigenvalue weighted by Crippen LogP contribution is 2.21. The van der Waals surface area contributed by atoms with Gasteiger partial charge < -0.3 is 4.42 Å². The van der Waals surface area contributed by atoms with Crippen LogP contribution in [-0.2, 0) is 6.54 Å². The van der Waals surface area contributed by atoms with Crippen LogP contribution in [0.15, 0.2) is 47.1 Å². The molecular weight excluding hydrogens is 234 g/mol. The Balaban J connectivity index is 0.00000144. The van der Waals surface area contributed by atoms with Crippen LogP contribution in [0.3, 0.4) is 0 Å². The van der Waals surface area contributed by atoms with Crippen molar-refractivity contribution in [3.8, 4) is 0 Å². The SMILES string of the molecule is C/C=C/CN(C)Cc1coc2ccccc12.Cl. The van der Waals surface area contributed by atoms with E-state index in [9.17, 15) is 0 Å². The number of benzene rings is 1. The van der Waals surface area contributed by atoms with E-state index in [0.29, 0.717) is 0 Å². The highest BCUT2D eigenvalue weighted by atomic mass is 35.5. The van der Waals surface area contributed by atoms with Crippen molar-refractivity contribution < 1.29 is 4.42 Å². The first kappa shape index (κ1) is 13.8. The Kier molecular flexibility index (Phi) is 5.26. The smallest absolute Gasteiger partial charge is 0.134 e. The van der Waals surface area contributed by atoms with Crippen molar-refractivity contribution >= 4 is 23.4 Å². The second-order valence-corrected chi connectivity index (χ2v) is 4.02. The molecule has 1 aromatic heterocycles. The van der Waals surface area contributed by atoms with Gasteiger partial charge in [-0.05, 0) is 20.0 Å². The lowest BCUT2D eigenvalue weighted by Crippen LogP contribution is -2.17. The second-order valence-electron chi connectivity index (χ2n) is 4.02. The summed E-state index contributed by atoms with van der Waals surface area (Å²) in [7, 11) is 2.11. The number of furan rings is 1. The first-order valence-corrected chi connectivity index (χ1v) is 5.56. The van der Waals surface area contributed by atoms with Gasteiger partial charge in [-0.15, -0.1) is 12.4 Å². The number of fused-ring (bicyclic) bond motifs is 1. The van der Waals surface area contributed by atoms with Crippen LogP contribution in [0.2, 0.25) is 0 Å². The Hall–Kier alpha value is -1.25. The van der Waals surface area contributed by atoms with Crippen molar-refractivity contribution in [3.63, 3.8) is 0 Å². The monoisotopic (exact) mass is 251 g/mol. The summed E-state index contributed by atoms with van der Waals surface area (Å²) in [6.45, 7) is 3.93. The van der Waals surface area contributed by atoms with Crippen LogP contribution < -0.4 is 0 Å². The summed E-state index contributed by atoms with van der Waals surface area (Å²) in [5.74, 6) is 0. The minimum atomic E-state index is 0. The van der Waals surface area contributed by atoms with E-state index in [1.165, 1.54) is 10.9 Å². The van der Waals surface area contributed by atoms with Gasteiger partial charge in [0.1, 0.15) is 5.58 Å². The molecule has 0 unspecified atom stereocenters. The molecule has 0 spiro atoms. The molecule has 0 aliphatic heterocycles.